The van der Waals surface area contributed by atoms with Gasteiger partial charge in [0.1, 0.15) is 0 Å². The molecule has 0 saturated carbocycles. The Balaban J connectivity index is 4.33. The summed E-state index contributed by atoms with van der Waals surface area (Å²) in [5.41, 5.74) is 0. The topological polar surface area (TPSA) is 0 Å². The van der Waals surface area contributed by atoms with E-state index in [2.05, 4.69) is 0 Å². The molecule has 0 aliphatic heterocycles. The molecular formula is C12H22F4. The minimum atomic E-state index is -3.87. The van der Waals surface area contributed by atoms with E-state index in [1.165, 1.54) is 0 Å². The van der Waals surface area contributed by atoms with Crippen molar-refractivity contribution in [1.82, 2.24) is 0 Å². The van der Waals surface area contributed by atoms with Crippen LogP contribution in [0.25, 0.3) is 0 Å². The zero-order valence-electron chi connectivity index (χ0n) is 10.5. The Morgan fingerprint density at radius 1 is 0.688 bits per heavy atom. The fraction of sp³-hybridized carbons (Fsp3) is 1.00. The second-order valence-corrected chi connectivity index (χ2v) is 5.27. The highest BCUT2D eigenvalue weighted by Gasteiger charge is 2.54. The zero-order chi connectivity index (χ0) is 13.0. The van der Waals surface area contributed by atoms with E-state index in [1.54, 1.807) is 27.7 Å². The predicted octanol–water partition coefficient (Wildman–Crippen LogP) is 5.13. The largest absolute Gasteiger partial charge is 0.310 e. The highest BCUT2D eigenvalue weighted by molar-refractivity contribution is 4.85. The van der Waals surface area contributed by atoms with Crippen molar-refractivity contribution in [3.8, 4) is 0 Å². The lowest BCUT2D eigenvalue weighted by Crippen LogP contribution is -2.40. The summed E-state index contributed by atoms with van der Waals surface area (Å²) >= 11 is 0. The molecule has 16 heavy (non-hydrogen) atoms. The van der Waals surface area contributed by atoms with Crippen LogP contribution >= 0.6 is 0 Å². The minimum Gasteiger partial charge on any atom is -0.200 e. The van der Waals surface area contributed by atoms with Crippen molar-refractivity contribution in [2.24, 2.45) is 11.8 Å². The summed E-state index contributed by atoms with van der Waals surface area (Å²) in [6, 6.07) is 0. The Morgan fingerprint density at radius 2 is 0.938 bits per heavy atom. The third-order valence-corrected chi connectivity index (χ3v) is 2.61. The quantitative estimate of drug-likeness (QED) is 0.543. The van der Waals surface area contributed by atoms with E-state index in [4.69, 9.17) is 0 Å². The van der Waals surface area contributed by atoms with Crippen LogP contribution < -0.4 is 0 Å². The van der Waals surface area contributed by atoms with Gasteiger partial charge in [0, 0.05) is 12.8 Å². The van der Waals surface area contributed by atoms with Gasteiger partial charge >= 0.3 is 11.8 Å². The molecule has 0 saturated heterocycles. The summed E-state index contributed by atoms with van der Waals surface area (Å²) in [5, 5.41) is 0. The van der Waals surface area contributed by atoms with Crippen molar-refractivity contribution >= 4 is 0 Å². The second-order valence-electron chi connectivity index (χ2n) is 5.27. The molecule has 0 fully saturated rings. The number of hydrogen-bond acceptors (Lipinski definition) is 0. The molecule has 0 unspecified atom stereocenters. The Labute approximate surface area is 95.4 Å². The van der Waals surface area contributed by atoms with E-state index in [-0.39, 0.29) is 24.7 Å². The van der Waals surface area contributed by atoms with Crippen LogP contribution in [0.4, 0.5) is 17.6 Å². The lowest BCUT2D eigenvalue weighted by molar-refractivity contribution is -0.217. The van der Waals surface area contributed by atoms with E-state index in [0.29, 0.717) is 0 Å². The summed E-state index contributed by atoms with van der Waals surface area (Å²) in [5.74, 6) is -7.70. The van der Waals surface area contributed by atoms with Crippen LogP contribution in [0.2, 0.25) is 0 Å². The smallest absolute Gasteiger partial charge is 0.200 e. The van der Waals surface area contributed by atoms with Crippen LogP contribution in [0.3, 0.4) is 0 Å². The maximum absolute atomic E-state index is 13.3. The Hall–Kier alpha value is -0.280. The van der Waals surface area contributed by atoms with Crippen LogP contribution in [-0.2, 0) is 0 Å². The summed E-state index contributed by atoms with van der Waals surface area (Å²) < 4.78 is 53.0. The van der Waals surface area contributed by atoms with E-state index < -0.39 is 24.7 Å². The number of hydrogen-bond donors (Lipinski definition) is 0. The average Bonchev–Trinajstić information content (AvgIpc) is 2.11. The van der Waals surface area contributed by atoms with Crippen molar-refractivity contribution in [2.75, 3.05) is 0 Å². The highest BCUT2D eigenvalue weighted by Crippen LogP contribution is 2.42. The average molecular weight is 242 g/mol. The van der Waals surface area contributed by atoms with E-state index >= 15 is 0 Å². The van der Waals surface area contributed by atoms with Gasteiger partial charge in [0.2, 0.25) is 0 Å². The van der Waals surface area contributed by atoms with Crippen LogP contribution in [0.1, 0.15) is 53.4 Å². The second kappa shape index (κ2) is 5.87. The summed E-state index contributed by atoms with van der Waals surface area (Å²) in [6.45, 7) is 7.01. The van der Waals surface area contributed by atoms with Gasteiger partial charge in [0.05, 0.1) is 0 Å². The molecular weight excluding hydrogens is 220 g/mol. The molecule has 0 atom stereocenters. The molecule has 0 bridgehead atoms. The van der Waals surface area contributed by atoms with Crippen LogP contribution in [0.15, 0.2) is 0 Å². The number of rotatable bonds is 7. The molecule has 0 heterocycles. The van der Waals surface area contributed by atoms with E-state index in [9.17, 15) is 17.6 Å². The lowest BCUT2D eigenvalue weighted by Gasteiger charge is -2.27. The van der Waals surface area contributed by atoms with Gasteiger partial charge in [-0.1, -0.05) is 27.7 Å². The molecule has 0 aromatic carbocycles. The van der Waals surface area contributed by atoms with Crippen LogP contribution in [-0.4, -0.2) is 11.8 Å². The summed E-state index contributed by atoms with van der Waals surface area (Å²) in [6.07, 6.45) is -1.19. The maximum atomic E-state index is 13.3. The Bertz CT molecular complexity index is 175. The molecule has 0 aromatic rings. The van der Waals surface area contributed by atoms with Crippen molar-refractivity contribution in [2.45, 2.75) is 65.2 Å². The standard InChI is InChI=1S/C12H22F4/c1-9(2)5-7-11(13,14)12(15,16)8-6-10(3)4/h9-10H,5-8H2,1-4H3. The molecule has 0 spiro atoms. The normalized spacial score (nSPS) is 13.9. The molecule has 0 rings (SSSR count). The zero-order valence-corrected chi connectivity index (χ0v) is 10.5. The van der Waals surface area contributed by atoms with Gasteiger partial charge in [0.15, 0.2) is 0 Å². The molecule has 4 heteroatoms. The number of alkyl halides is 4. The van der Waals surface area contributed by atoms with Crippen LogP contribution in [0, 0.1) is 11.8 Å². The van der Waals surface area contributed by atoms with Crippen molar-refractivity contribution in [3.63, 3.8) is 0 Å². The van der Waals surface area contributed by atoms with Gasteiger partial charge in [-0.25, -0.2) is 0 Å². The molecule has 0 nitrogen and oxygen atoms in total. The van der Waals surface area contributed by atoms with E-state index in [0.717, 1.165) is 0 Å². The first-order valence-electron chi connectivity index (χ1n) is 5.84. The third-order valence-electron chi connectivity index (χ3n) is 2.61. The van der Waals surface area contributed by atoms with Crippen molar-refractivity contribution < 1.29 is 17.6 Å². The Kier molecular flexibility index (Phi) is 5.77. The fourth-order valence-electron chi connectivity index (χ4n) is 1.31. The monoisotopic (exact) mass is 242 g/mol. The SMILES string of the molecule is CC(C)CCC(F)(F)C(F)(F)CCC(C)C. The van der Waals surface area contributed by atoms with Crippen molar-refractivity contribution in [3.05, 3.63) is 0 Å². The van der Waals surface area contributed by atoms with Crippen molar-refractivity contribution in [1.29, 1.82) is 0 Å². The summed E-state index contributed by atoms with van der Waals surface area (Å²) in [4.78, 5) is 0. The molecule has 0 aliphatic carbocycles. The molecule has 0 aromatic heterocycles. The highest BCUT2D eigenvalue weighted by atomic mass is 19.3. The first-order valence-corrected chi connectivity index (χ1v) is 5.84. The Morgan fingerprint density at radius 3 is 1.12 bits per heavy atom. The van der Waals surface area contributed by atoms with E-state index in [1.807, 2.05) is 0 Å². The first kappa shape index (κ1) is 15.7. The van der Waals surface area contributed by atoms with Crippen LogP contribution in [0.5, 0.6) is 0 Å². The first-order chi connectivity index (χ1) is 7.08. The number of halogens is 4. The molecule has 0 N–H and O–H groups in total. The third kappa shape index (κ3) is 5.17. The molecule has 0 radical (unpaired) electrons. The van der Waals surface area contributed by atoms with Gasteiger partial charge in [-0.3, -0.25) is 0 Å². The lowest BCUT2D eigenvalue weighted by atomic mass is 9.95. The predicted molar refractivity (Wildman–Crippen MR) is 58.0 cm³/mol. The van der Waals surface area contributed by atoms with Gasteiger partial charge < -0.3 is 0 Å². The fourth-order valence-corrected chi connectivity index (χ4v) is 1.31. The molecule has 0 aliphatic rings. The minimum absolute atomic E-state index is 0.0202. The van der Waals surface area contributed by atoms with Gasteiger partial charge in [-0.15, -0.1) is 0 Å². The maximum Gasteiger partial charge on any atom is 0.310 e. The van der Waals surface area contributed by atoms with Gasteiger partial charge in [-0.05, 0) is 24.7 Å². The molecule has 0 amide bonds. The van der Waals surface area contributed by atoms with Gasteiger partial charge in [0.25, 0.3) is 0 Å². The molecule has 98 valence electrons. The summed E-state index contributed by atoms with van der Waals surface area (Å²) in [7, 11) is 0. The van der Waals surface area contributed by atoms with Gasteiger partial charge in [-0.2, -0.15) is 17.6 Å².